The number of hydrogen-bond donors (Lipinski definition) is 0. The third kappa shape index (κ3) is 75.2. The molecule has 0 N–H and O–H groups in total. The van der Waals surface area contributed by atoms with Gasteiger partial charge < -0.3 is 0 Å². The minimum atomic E-state index is 0. The highest BCUT2D eigenvalue weighted by Crippen LogP contribution is 1.81. The molecule has 1 heteroatoms. The van der Waals surface area contributed by atoms with Gasteiger partial charge in [0.2, 0.25) is 0 Å². The van der Waals surface area contributed by atoms with E-state index < -0.39 is 0 Å². The lowest BCUT2D eigenvalue weighted by atomic mass is 10.4. The average molecular weight is 231 g/mol. The summed E-state index contributed by atoms with van der Waals surface area (Å²) < 4.78 is 0. The molecule has 3 radical (unpaired) electrons. The summed E-state index contributed by atoms with van der Waals surface area (Å²) >= 11 is 0. The summed E-state index contributed by atoms with van der Waals surface area (Å²) in [6, 6.07) is 0. The van der Waals surface area contributed by atoms with Crippen molar-refractivity contribution in [2.45, 2.75) is 20.8 Å². The van der Waals surface area contributed by atoms with Crippen molar-refractivity contribution in [3.05, 3.63) is 74.4 Å². The summed E-state index contributed by atoms with van der Waals surface area (Å²) in [5.74, 6) is 0. The van der Waals surface area contributed by atoms with E-state index >= 15 is 0 Å². The van der Waals surface area contributed by atoms with Gasteiger partial charge in [-0.1, -0.05) is 74.4 Å². The first-order valence-electron chi connectivity index (χ1n) is 4.65. The van der Waals surface area contributed by atoms with Gasteiger partial charge in [0.1, 0.15) is 0 Å². The summed E-state index contributed by atoms with van der Waals surface area (Å²) in [6.45, 7) is 26.8. The van der Waals surface area contributed by atoms with Gasteiger partial charge in [-0.25, -0.2) is 0 Å². The Balaban J connectivity index is -0.0000000655. The fourth-order valence-corrected chi connectivity index (χ4v) is 0. The molecule has 16 heavy (non-hydrogen) atoms. The van der Waals surface area contributed by atoms with Crippen LogP contribution in [-0.2, 0) is 0 Å². The molecule has 0 aliphatic carbocycles. The van der Waals surface area contributed by atoms with Crippen molar-refractivity contribution in [2.75, 3.05) is 0 Å². The molecule has 0 saturated carbocycles. The van der Waals surface area contributed by atoms with E-state index in [1.54, 1.807) is 18.2 Å². The van der Waals surface area contributed by atoms with Crippen LogP contribution in [0, 0.1) is 0 Å². The molecule has 0 nitrogen and oxygen atoms in total. The first-order chi connectivity index (χ1) is 6.81. The van der Waals surface area contributed by atoms with Gasteiger partial charge in [-0.2, -0.15) is 0 Å². The maximum atomic E-state index is 3.56. The molecule has 0 unspecified atom stereocenters. The molecule has 87 valence electrons. The van der Waals surface area contributed by atoms with Crippen molar-refractivity contribution in [3.8, 4) is 0 Å². The largest absolute Gasteiger partial charge is 0.0988 e. The Morgan fingerprint density at radius 2 is 0.688 bits per heavy atom. The Hall–Kier alpha value is -1.03. The number of allylic oxidation sites excluding steroid dienone is 6. The van der Waals surface area contributed by atoms with Crippen molar-refractivity contribution in [1.82, 2.24) is 0 Å². The highest BCUT2D eigenvalue weighted by molar-refractivity contribution is 5.75. The molecule has 0 aromatic heterocycles. The summed E-state index contributed by atoms with van der Waals surface area (Å²) in [7, 11) is 0. The van der Waals surface area contributed by atoms with Crippen LogP contribution in [-0.4, -0.2) is 17.4 Å². The van der Waals surface area contributed by atoms with Crippen molar-refractivity contribution in [2.24, 2.45) is 0 Å². The van der Waals surface area contributed by atoms with Gasteiger partial charge in [-0.05, 0) is 20.8 Å². The second kappa shape index (κ2) is 19.5. The first-order valence-corrected chi connectivity index (χ1v) is 4.65. The van der Waals surface area contributed by atoms with Gasteiger partial charge in [0.15, 0.2) is 0 Å². The van der Waals surface area contributed by atoms with Crippen LogP contribution in [0.3, 0.4) is 0 Å². The zero-order chi connectivity index (χ0) is 12.9. The minimum Gasteiger partial charge on any atom is -0.0988 e. The lowest BCUT2D eigenvalue weighted by Gasteiger charge is -1.71. The molecule has 0 aromatic carbocycles. The van der Waals surface area contributed by atoms with Gasteiger partial charge in [0.05, 0.1) is 0 Å². The van der Waals surface area contributed by atoms with E-state index in [1.807, 2.05) is 20.8 Å². The van der Waals surface area contributed by atoms with E-state index in [9.17, 15) is 0 Å². The van der Waals surface area contributed by atoms with Crippen LogP contribution in [0.25, 0.3) is 0 Å². The van der Waals surface area contributed by atoms with E-state index in [0.29, 0.717) is 0 Å². The molecule has 0 atom stereocenters. The summed E-state index contributed by atoms with van der Waals surface area (Å²) in [4.78, 5) is 0. The van der Waals surface area contributed by atoms with Crippen LogP contribution >= 0.6 is 0 Å². The van der Waals surface area contributed by atoms with Crippen molar-refractivity contribution in [3.63, 3.8) is 0 Å². The van der Waals surface area contributed by atoms with Gasteiger partial charge >= 0.3 is 0 Å². The lowest BCUT2D eigenvalue weighted by molar-refractivity contribution is 1.58. The molecule has 0 aliphatic heterocycles. The maximum Gasteiger partial charge on any atom is 0 e. The molecule has 0 amide bonds. The number of rotatable bonds is 3. The molecule has 0 rings (SSSR count). The highest BCUT2D eigenvalue weighted by Gasteiger charge is 1.60. The molecule has 0 heterocycles. The zero-order valence-corrected chi connectivity index (χ0v) is 12.2. The van der Waals surface area contributed by atoms with Crippen LogP contribution in [0.5, 0.6) is 0 Å². The van der Waals surface area contributed by atoms with Crippen molar-refractivity contribution >= 4 is 17.4 Å². The van der Waals surface area contributed by atoms with Crippen molar-refractivity contribution < 1.29 is 0 Å². The second-order valence-corrected chi connectivity index (χ2v) is 3.15. The highest BCUT2D eigenvalue weighted by atomic mass is 27.0. The van der Waals surface area contributed by atoms with Gasteiger partial charge in [-0.15, -0.1) is 0 Å². The molecular weight excluding hydrogens is 207 g/mol. The summed E-state index contributed by atoms with van der Waals surface area (Å²) in [5.41, 5.74) is 3.06. The predicted molar refractivity (Wildman–Crippen MR) is 80.8 cm³/mol. The fourth-order valence-electron chi connectivity index (χ4n) is 0. The topological polar surface area (TPSA) is 0 Å². The Morgan fingerprint density at radius 3 is 0.688 bits per heavy atom. The fraction of sp³-hybridized carbons (Fsp3) is 0.200. The van der Waals surface area contributed by atoms with E-state index in [-0.39, 0.29) is 17.4 Å². The van der Waals surface area contributed by atoms with Gasteiger partial charge in [-0.3, -0.25) is 0 Å². The number of hydrogen-bond acceptors (Lipinski definition) is 0. The van der Waals surface area contributed by atoms with Gasteiger partial charge in [0, 0.05) is 17.4 Å². The maximum absolute atomic E-state index is 3.56. The molecule has 0 aliphatic rings. The van der Waals surface area contributed by atoms with Crippen LogP contribution < -0.4 is 0 Å². The quantitative estimate of drug-likeness (QED) is 0.480. The van der Waals surface area contributed by atoms with Crippen LogP contribution in [0.4, 0.5) is 0 Å². The predicted octanol–water partition coefficient (Wildman–Crippen LogP) is 4.86. The molecule has 0 bridgehead atoms. The SMILES string of the molecule is C=CC(=C)C.C=CC(=C)C.C=CC(=C)C.[Al]. The zero-order valence-electron chi connectivity index (χ0n) is 11.1. The third-order valence-electron chi connectivity index (χ3n) is 1.05. The smallest absolute Gasteiger partial charge is 0 e. The minimum absolute atomic E-state index is 0. The molecule has 0 saturated heterocycles. The standard InChI is InChI=1S/3C5H8.Al/c3*1-4-5(2)3;/h3*4H,1-2H2,3H3;. The summed E-state index contributed by atoms with van der Waals surface area (Å²) in [6.07, 6.45) is 5.17. The first kappa shape index (κ1) is 24.3. The van der Waals surface area contributed by atoms with E-state index in [0.717, 1.165) is 16.7 Å². The third-order valence-corrected chi connectivity index (χ3v) is 1.05. The van der Waals surface area contributed by atoms with E-state index in [2.05, 4.69) is 39.5 Å². The van der Waals surface area contributed by atoms with E-state index in [1.165, 1.54) is 0 Å². The van der Waals surface area contributed by atoms with Gasteiger partial charge in [0.25, 0.3) is 0 Å². The average Bonchev–Trinajstić information content (AvgIpc) is 2.19. The molecule has 0 fully saturated rings. The van der Waals surface area contributed by atoms with E-state index in [4.69, 9.17) is 0 Å². The Morgan fingerprint density at radius 1 is 0.625 bits per heavy atom. The Bertz CT molecular complexity index is 201. The monoisotopic (exact) mass is 231 g/mol. The van der Waals surface area contributed by atoms with Crippen LogP contribution in [0.2, 0.25) is 0 Å². The molecule has 0 aromatic rings. The Labute approximate surface area is 113 Å². The second-order valence-electron chi connectivity index (χ2n) is 3.15. The van der Waals surface area contributed by atoms with Crippen molar-refractivity contribution in [1.29, 1.82) is 0 Å². The summed E-state index contributed by atoms with van der Waals surface area (Å²) in [5, 5.41) is 0. The lowest BCUT2D eigenvalue weighted by Crippen LogP contribution is -1.50. The van der Waals surface area contributed by atoms with Crippen LogP contribution in [0.15, 0.2) is 74.4 Å². The van der Waals surface area contributed by atoms with Crippen LogP contribution in [0.1, 0.15) is 20.8 Å². The Kier molecular flexibility index (Phi) is 29.6. The molecular formula is C15H24Al. The normalized spacial score (nSPS) is 6.19. The molecule has 0 spiro atoms.